The molecule has 0 bridgehead atoms. The molecule has 0 unspecified atom stereocenters. The van der Waals surface area contributed by atoms with Gasteiger partial charge in [0, 0.05) is 56.3 Å². The van der Waals surface area contributed by atoms with E-state index in [9.17, 15) is 0 Å². The lowest BCUT2D eigenvalue weighted by Gasteiger charge is -2.36. The summed E-state index contributed by atoms with van der Waals surface area (Å²) in [6.45, 7) is 5.06. The lowest BCUT2D eigenvalue weighted by molar-refractivity contribution is 0.211. The van der Waals surface area contributed by atoms with E-state index in [-0.39, 0.29) is 0 Å². The van der Waals surface area contributed by atoms with Gasteiger partial charge in [0.15, 0.2) is 11.5 Å². The van der Waals surface area contributed by atoms with Gasteiger partial charge in [-0.2, -0.15) is 4.98 Å². The van der Waals surface area contributed by atoms with E-state index in [4.69, 9.17) is 19.4 Å². The van der Waals surface area contributed by atoms with Crippen molar-refractivity contribution in [2.75, 3.05) is 64.7 Å². The van der Waals surface area contributed by atoms with Crippen LogP contribution in [0.4, 0.5) is 11.8 Å². The maximum atomic E-state index is 5.61. The van der Waals surface area contributed by atoms with Crippen molar-refractivity contribution >= 4 is 22.7 Å². The van der Waals surface area contributed by atoms with Crippen LogP contribution in [0.25, 0.3) is 10.9 Å². The van der Waals surface area contributed by atoms with Crippen molar-refractivity contribution in [1.82, 2.24) is 19.8 Å². The maximum Gasteiger partial charge on any atom is 0.227 e. The molecule has 0 saturated carbocycles. The second kappa shape index (κ2) is 11.5. The van der Waals surface area contributed by atoms with Gasteiger partial charge in [0.2, 0.25) is 5.95 Å². The van der Waals surface area contributed by atoms with Gasteiger partial charge in [-0.05, 0) is 51.4 Å². The van der Waals surface area contributed by atoms with Gasteiger partial charge in [-0.1, -0.05) is 30.3 Å². The second-order valence-electron chi connectivity index (χ2n) is 10.5. The van der Waals surface area contributed by atoms with Crippen LogP contribution < -0.4 is 19.7 Å². The lowest BCUT2D eigenvalue weighted by Crippen LogP contribution is -2.42. The van der Waals surface area contributed by atoms with E-state index in [0.717, 1.165) is 81.1 Å². The number of piperidine rings is 2. The third-order valence-corrected chi connectivity index (χ3v) is 7.84. The minimum atomic E-state index is 0.366. The summed E-state index contributed by atoms with van der Waals surface area (Å²) in [5, 5.41) is 4.76. The summed E-state index contributed by atoms with van der Waals surface area (Å²) in [7, 11) is 7.67. The molecule has 5 rings (SSSR count). The van der Waals surface area contributed by atoms with E-state index in [2.05, 4.69) is 64.4 Å². The molecule has 2 saturated heterocycles. The number of anilines is 2. The van der Waals surface area contributed by atoms with Crippen LogP contribution in [0.2, 0.25) is 0 Å². The van der Waals surface area contributed by atoms with Gasteiger partial charge in [0.1, 0.15) is 5.82 Å². The Labute approximate surface area is 220 Å². The monoisotopic (exact) mass is 504 g/mol. The van der Waals surface area contributed by atoms with Gasteiger partial charge in [-0.25, -0.2) is 4.98 Å². The molecule has 198 valence electrons. The van der Waals surface area contributed by atoms with Crippen molar-refractivity contribution in [1.29, 1.82) is 0 Å². The smallest absolute Gasteiger partial charge is 0.227 e. The standard InChI is InChI=1S/C29H40N6O2/c1-33(2)23-12-16-35(17-13-23)29-31-25-19-27(37-4)26(36-3)18-24(25)28(32-29)30-22-10-14-34(15-11-22)20-21-8-6-5-7-9-21/h5-9,18-19,22-23H,10-17,20H2,1-4H3,(H,30,31,32). The molecule has 0 spiro atoms. The molecule has 37 heavy (non-hydrogen) atoms. The molecule has 2 fully saturated rings. The predicted octanol–water partition coefficient (Wildman–Crippen LogP) is 4.25. The average Bonchev–Trinajstić information content (AvgIpc) is 2.94. The number of fused-ring (bicyclic) bond motifs is 1. The van der Waals surface area contributed by atoms with Crippen LogP contribution in [-0.2, 0) is 6.54 Å². The van der Waals surface area contributed by atoms with Crippen LogP contribution in [0.1, 0.15) is 31.2 Å². The number of hydrogen-bond donors (Lipinski definition) is 1. The number of methoxy groups -OCH3 is 2. The Morgan fingerprint density at radius 1 is 0.892 bits per heavy atom. The van der Waals surface area contributed by atoms with Crippen molar-refractivity contribution in [3.63, 3.8) is 0 Å². The quantitative estimate of drug-likeness (QED) is 0.488. The van der Waals surface area contributed by atoms with E-state index >= 15 is 0 Å². The largest absolute Gasteiger partial charge is 0.493 e. The van der Waals surface area contributed by atoms with Gasteiger partial charge in [-0.3, -0.25) is 4.90 Å². The van der Waals surface area contributed by atoms with Crippen LogP contribution in [0.5, 0.6) is 11.5 Å². The number of rotatable bonds is 8. The third-order valence-electron chi connectivity index (χ3n) is 7.84. The lowest BCUT2D eigenvalue weighted by atomic mass is 10.0. The molecule has 3 aromatic rings. The maximum absolute atomic E-state index is 5.61. The summed E-state index contributed by atoms with van der Waals surface area (Å²) in [5.41, 5.74) is 2.25. The Balaban J connectivity index is 1.36. The van der Waals surface area contributed by atoms with Gasteiger partial charge in [0.05, 0.1) is 19.7 Å². The molecule has 3 heterocycles. The molecular weight excluding hydrogens is 464 g/mol. The van der Waals surface area contributed by atoms with Crippen LogP contribution in [0.15, 0.2) is 42.5 Å². The zero-order valence-electron chi connectivity index (χ0n) is 22.6. The predicted molar refractivity (Wildman–Crippen MR) is 150 cm³/mol. The molecule has 1 N–H and O–H groups in total. The van der Waals surface area contributed by atoms with Crippen LogP contribution in [0, 0.1) is 0 Å². The van der Waals surface area contributed by atoms with Crippen LogP contribution in [0.3, 0.4) is 0 Å². The van der Waals surface area contributed by atoms with Crippen LogP contribution >= 0.6 is 0 Å². The summed E-state index contributed by atoms with van der Waals surface area (Å²) < 4.78 is 11.2. The second-order valence-corrected chi connectivity index (χ2v) is 10.5. The first-order valence-electron chi connectivity index (χ1n) is 13.4. The van der Waals surface area contributed by atoms with E-state index < -0.39 is 0 Å². The molecule has 0 aliphatic carbocycles. The third kappa shape index (κ3) is 5.91. The summed E-state index contributed by atoms with van der Waals surface area (Å²) in [6, 6.07) is 15.7. The van der Waals surface area contributed by atoms with E-state index in [1.165, 1.54) is 5.56 Å². The summed E-state index contributed by atoms with van der Waals surface area (Å²) in [4.78, 5) is 17.3. The molecule has 2 aromatic carbocycles. The SMILES string of the molecule is COc1cc2nc(N3CCC(N(C)C)CC3)nc(NC3CCN(Cc4ccccc4)CC3)c2cc1OC. The Morgan fingerprint density at radius 3 is 2.22 bits per heavy atom. The van der Waals surface area contributed by atoms with Crippen molar-refractivity contribution in [2.24, 2.45) is 0 Å². The van der Waals surface area contributed by atoms with Crippen molar-refractivity contribution in [3.05, 3.63) is 48.0 Å². The fraction of sp³-hybridized carbons (Fsp3) is 0.517. The normalized spacial score (nSPS) is 17.9. The molecule has 2 aliphatic rings. The number of ether oxygens (including phenoxy) is 2. The van der Waals surface area contributed by atoms with E-state index in [1.54, 1.807) is 14.2 Å². The number of aromatic nitrogens is 2. The summed E-state index contributed by atoms with van der Waals surface area (Å²) in [6.07, 6.45) is 4.39. The number of benzene rings is 2. The van der Waals surface area contributed by atoms with Crippen molar-refractivity contribution < 1.29 is 9.47 Å². The number of nitrogens with one attached hydrogen (secondary N) is 1. The Bertz CT molecular complexity index is 1170. The number of hydrogen-bond acceptors (Lipinski definition) is 8. The van der Waals surface area contributed by atoms with Crippen molar-refractivity contribution in [3.8, 4) is 11.5 Å². The van der Waals surface area contributed by atoms with Gasteiger partial charge >= 0.3 is 0 Å². The molecule has 8 heteroatoms. The number of nitrogens with zero attached hydrogens (tertiary/aromatic N) is 5. The molecule has 2 aliphatic heterocycles. The Morgan fingerprint density at radius 2 is 1.57 bits per heavy atom. The van der Waals surface area contributed by atoms with Gasteiger partial charge in [-0.15, -0.1) is 0 Å². The van der Waals surface area contributed by atoms with E-state index in [1.807, 2.05) is 12.1 Å². The fourth-order valence-electron chi connectivity index (χ4n) is 5.55. The Hall–Kier alpha value is -3.10. The average molecular weight is 505 g/mol. The highest BCUT2D eigenvalue weighted by atomic mass is 16.5. The highest BCUT2D eigenvalue weighted by Crippen LogP contribution is 2.36. The molecule has 0 amide bonds. The number of likely N-dealkylation sites (tertiary alicyclic amines) is 1. The zero-order chi connectivity index (χ0) is 25.8. The van der Waals surface area contributed by atoms with Crippen LogP contribution in [-0.4, -0.2) is 86.3 Å². The highest BCUT2D eigenvalue weighted by molar-refractivity contribution is 5.93. The van der Waals surface area contributed by atoms with Gasteiger partial charge < -0.3 is 24.6 Å². The summed E-state index contributed by atoms with van der Waals surface area (Å²) in [5.74, 6) is 3.06. The minimum Gasteiger partial charge on any atom is -0.493 e. The van der Waals surface area contributed by atoms with Crippen molar-refractivity contribution in [2.45, 2.75) is 44.3 Å². The topological polar surface area (TPSA) is 66.0 Å². The summed E-state index contributed by atoms with van der Waals surface area (Å²) >= 11 is 0. The zero-order valence-corrected chi connectivity index (χ0v) is 22.6. The van der Waals surface area contributed by atoms with E-state index in [0.29, 0.717) is 23.6 Å². The Kier molecular flexibility index (Phi) is 7.96. The first kappa shape index (κ1) is 25.5. The first-order valence-corrected chi connectivity index (χ1v) is 13.4. The molecular formula is C29H40N6O2. The first-order chi connectivity index (χ1) is 18.0. The molecule has 0 atom stereocenters. The highest BCUT2D eigenvalue weighted by Gasteiger charge is 2.25. The molecule has 0 radical (unpaired) electrons. The van der Waals surface area contributed by atoms with Gasteiger partial charge in [0.25, 0.3) is 0 Å². The molecule has 8 nitrogen and oxygen atoms in total. The fourth-order valence-corrected chi connectivity index (χ4v) is 5.55. The minimum absolute atomic E-state index is 0.366. The molecule has 1 aromatic heterocycles.